The molecular formula is C15H23F2N3O2. The number of carbonyl (C=O) groups is 1. The summed E-state index contributed by atoms with van der Waals surface area (Å²) in [5.41, 5.74) is 0.839. The molecule has 2 rings (SSSR count). The SMILES string of the molecule is CCn1cc(CN(CCO)C(=O)[C@@H]2CCCC(F)(F)C2)cn1. The molecule has 1 fully saturated rings. The Morgan fingerprint density at radius 3 is 2.95 bits per heavy atom. The Morgan fingerprint density at radius 1 is 1.59 bits per heavy atom. The average Bonchev–Trinajstić information content (AvgIpc) is 2.93. The van der Waals surface area contributed by atoms with Crippen molar-refractivity contribution >= 4 is 5.91 Å². The molecule has 22 heavy (non-hydrogen) atoms. The molecule has 5 nitrogen and oxygen atoms in total. The maximum atomic E-state index is 13.5. The molecule has 0 saturated heterocycles. The van der Waals surface area contributed by atoms with Crippen molar-refractivity contribution in [2.24, 2.45) is 5.92 Å². The fraction of sp³-hybridized carbons (Fsp3) is 0.733. The van der Waals surface area contributed by atoms with Crippen molar-refractivity contribution in [1.82, 2.24) is 14.7 Å². The minimum atomic E-state index is -2.75. The van der Waals surface area contributed by atoms with Crippen LogP contribution in [0, 0.1) is 5.92 Å². The summed E-state index contributed by atoms with van der Waals surface area (Å²) in [6.07, 6.45) is 3.82. The van der Waals surface area contributed by atoms with Gasteiger partial charge in [0.25, 0.3) is 0 Å². The summed E-state index contributed by atoms with van der Waals surface area (Å²) in [6, 6.07) is 0. The third-order valence-electron chi connectivity index (χ3n) is 4.06. The van der Waals surface area contributed by atoms with E-state index >= 15 is 0 Å². The predicted molar refractivity (Wildman–Crippen MR) is 77.3 cm³/mol. The highest BCUT2D eigenvalue weighted by Gasteiger charge is 2.40. The van der Waals surface area contributed by atoms with Gasteiger partial charge in [-0.3, -0.25) is 9.48 Å². The van der Waals surface area contributed by atoms with E-state index in [0.717, 1.165) is 12.1 Å². The molecule has 124 valence electrons. The van der Waals surface area contributed by atoms with E-state index < -0.39 is 11.8 Å². The van der Waals surface area contributed by atoms with E-state index in [-0.39, 0.29) is 31.9 Å². The standard InChI is InChI=1S/C15H23F2N3O2/c1-2-20-11-12(9-18-20)10-19(6-7-21)14(22)13-4-3-5-15(16,17)8-13/h9,11,13,21H,2-8,10H2,1H3/t13-/m1/s1. The number of halogens is 2. The molecule has 1 aliphatic carbocycles. The summed E-state index contributed by atoms with van der Waals surface area (Å²) < 4.78 is 28.8. The maximum absolute atomic E-state index is 13.5. The van der Waals surface area contributed by atoms with Gasteiger partial charge in [0.15, 0.2) is 0 Å². The van der Waals surface area contributed by atoms with Gasteiger partial charge in [0, 0.05) is 50.2 Å². The van der Waals surface area contributed by atoms with Crippen LogP contribution in [0.15, 0.2) is 12.4 Å². The molecule has 1 amide bonds. The van der Waals surface area contributed by atoms with Crippen molar-refractivity contribution in [3.63, 3.8) is 0 Å². The number of carbonyl (C=O) groups excluding carboxylic acids is 1. The van der Waals surface area contributed by atoms with E-state index in [2.05, 4.69) is 5.10 Å². The number of hydrogen-bond acceptors (Lipinski definition) is 3. The topological polar surface area (TPSA) is 58.4 Å². The van der Waals surface area contributed by atoms with Gasteiger partial charge in [-0.1, -0.05) is 0 Å². The number of aliphatic hydroxyl groups excluding tert-OH is 1. The van der Waals surface area contributed by atoms with Gasteiger partial charge < -0.3 is 10.0 Å². The number of alkyl halides is 2. The zero-order chi connectivity index (χ0) is 16.2. The van der Waals surface area contributed by atoms with Gasteiger partial charge in [0.1, 0.15) is 0 Å². The van der Waals surface area contributed by atoms with Crippen LogP contribution in [0.4, 0.5) is 8.78 Å². The lowest BCUT2D eigenvalue weighted by Gasteiger charge is -2.32. The van der Waals surface area contributed by atoms with E-state index in [1.165, 1.54) is 4.90 Å². The van der Waals surface area contributed by atoms with Crippen molar-refractivity contribution in [1.29, 1.82) is 0 Å². The first-order valence-electron chi connectivity index (χ1n) is 7.74. The lowest BCUT2D eigenvalue weighted by Crippen LogP contribution is -2.41. The largest absolute Gasteiger partial charge is 0.395 e. The monoisotopic (exact) mass is 315 g/mol. The lowest BCUT2D eigenvalue weighted by atomic mass is 9.85. The molecule has 1 aliphatic rings. The smallest absolute Gasteiger partial charge is 0.248 e. The number of aryl methyl sites for hydroxylation is 1. The van der Waals surface area contributed by atoms with E-state index in [1.807, 2.05) is 13.1 Å². The second kappa shape index (κ2) is 7.17. The van der Waals surface area contributed by atoms with Crippen LogP contribution in [0.2, 0.25) is 0 Å². The molecule has 1 aromatic heterocycles. The molecule has 0 bridgehead atoms. The van der Waals surface area contributed by atoms with E-state index in [0.29, 0.717) is 19.4 Å². The summed E-state index contributed by atoms with van der Waals surface area (Å²) in [7, 11) is 0. The molecule has 1 heterocycles. The number of rotatable bonds is 6. The fourth-order valence-corrected chi connectivity index (χ4v) is 2.91. The molecule has 7 heteroatoms. The fourth-order valence-electron chi connectivity index (χ4n) is 2.91. The van der Waals surface area contributed by atoms with Gasteiger partial charge in [-0.2, -0.15) is 5.10 Å². The van der Waals surface area contributed by atoms with Gasteiger partial charge in [0.2, 0.25) is 11.8 Å². The Labute approximate surface area is 128 Å². The molecule has 0 unspecified atom stereocenters. The van der Waals surface area contributed by atoms with Crippen LogP contribution in [0.5, 0.6) is 0 Å². The van der Waals surface area contributed by atoms with Crippen LogP contribution in [0.3, 0.4) is 0 Å². The summed E-state index contributed by atoms with van der Waals surface area (Å²) >= 11 is 0. The molecule has 0 spiro atoms. The first-order valence-corrected chi connectivity index (χ1v) is 7.74. The second-order valence-electron chi connectivity index (χ2n) is 5.84. The van der Waals surface area contributed by atoms with Crippen LogP contribution < -0.4 is 0 Å². The first kappa shape index (κ1) is 16.9. The average molecular weight is 315 g/mol. The van der Waals surface area contributed by atoms with Gasteiger partial charge in [0.05, 0.1) is 12.8 Å². The third-order valence-corrected chi connectivity index (χ3v) is 4.06. The zero-order valence-corrected chi connectivity index (χ0v) is 12.8. The summed E-state index contributed by atoms with van der Waals surface area (Å²) in [6.45, 7) is 2.94. The Hall–Kier alpha value is -1.50. The Morgan fingerprint density at radius 2 is 2.36 bits per heavy atom. The number of nitrogens with zero attached hydrogens (tertiary/aromatic N) is 3. The Kier molecular flexibility index (Phi) is 5.50. The first-order chi connectivity index (χ1) is 10.4. The Balaban J connectivity index is 2.04. The number of aromatic nitrogens is 2. The summed E-state index contributed by atoms with van der Waals surface area (Å²) in [5.74, 6) is -3.70. The van der Waals surface area contributed by atoms with E-state index in [1.54, 1.807) is 10.9 Å². The third kappa shape index (κ3) is 4.25. The zero-order valence-electron chi connectivity index (χ0n) is 12.8. The van der Waals surface area contributed by atoms with Crippen molar-refractivity contribution in [2.45, 2.75) is 51.6 Å². The van der Waals surface area contributed by atoms with Crippen LogP contribution in [-0.4, -0.2) is 44.8 Å². The highest BCUT2D eigenvalue weighted by molar-refractivity contribution is 5.79. The highest BCUT2D eigenvalue weighted by Crippen LogP contribution is 2.37. The quantitative estimate of drug-likeness (QED) is 0.874. The minimum absolute atomic E-state index is 0.139. The van der Waals surface area contributed by atoms with Gasteiger partial charge in [-0.05, 0) is 19.8 Å². The predicted octanol–water partition coefficient (Wildman–Crippen LogP) is 2.05. The van der Waals surface area contributed by atoms with E-state index in [9.17, 15) is 13.6 Å². The van der Waals surface area contributed by atoms with Crippen molar-refractivity contribution in [3.05, 3.63) is 18.0 Å². The van der Waals surface area contributed by atoms with Crippen molar-refractivity contribution in [3.8, 4) is 0 Å². The lowest BCUT2D eigenvalue weighted by molar-refractivity contribution is -0.143. The number of aliphatic hydroxyl groups is 1. The summed E-state index contributed by atoms with van der Waals surface area (Å²) in [5, 5.41) is 13.3. The van der Waals surface area contributed by atoms with E-state index in [4.69, 9.17) is 5.11 Å². The van der Waals surface area contributed by atoms with Gasteiger partial charge in [-0.15, -0.1) is 0 Å². The molecule has 1 atom stereocenters. The normalized spacial score (nSPS) is 20.8. The molecule has 1 aromatic rings. The maximum Gasteiger partial charge on any atom is 0.248 e. The van der Waals surface area contributed by atoms with Crippen LogP contribution >= 0.6 is 0 Å². The summed E-state index contributed by atoms with van der Waals surface area (Å²) in [4.78, 5) is 14.0. The second-order valence-corrected chi connectivity index (χ2v) is 5.84. The van der Waals surface area contributed by atoms with Crippen LogP contribution in [-0.2, 0) is 17.9 Å². The minimum Gasteiger partial charge on any atom is -0.395 e. The molecule has 1 saturated carbocycles. The van der Waals surface area contributed by atoms with Crippen LogP contribution in [0.1, 0.15) is 38.2 Å². The molecule has 0 radical (unpaired) electrons. The van der Waals surface area contributed by atoms with Gasteiger partial charge in [-0.25, -0.2) is 8.78 Å². The van der Waals surface area contributed by atoms with Crippen molar-refractivity contribution in [2.75, 3.05) is 13.2 Å². The molecular weight excluding hydrogens is 292 g/mol. The molecule has 0 aliphatic heterocycles. The van der Waals surface area contributed by atoms with Crippen LogP contribution in [0.25, 0.3) is 0 Å². The number of hydrogen-bond donors (Lipinski definition) is 1. The number of amides is 1. The van der Waals surface area contributed by atoms with Crippen molar-refractivity contribution < 1.29 is 18.7 Å². The van der Waals surface area contributed by atoms with Gasteiger partial charge >= 0.3 is 0 Å². The molecule has 0 aromatic carbocycles. The Bertz CT molecular complexity index is 505. The highest BCUT2D eigenvalue weighted by atomic mass is 19.3. The molecule has 1 N–H and O–H groups in total.